The Morgan fingerprint density at radius 2 is 1.85 bits per heavy atom. The Morgan fingerprint density at radius 3 is 2.45 bits per heavy atom. The number of nitrogen functional groups attached to an aromatic ring is 2. The maximum absolute atomic E-state index is 12.4. The van der Waals surface area contributed by atoms with Gasteiger partial charge in [-0.15, -0.1) is 0 Å². The zero-order chi connectivity index (χ0) is 15.1. The van der Waals surface area contributed by atoms with Crippen LogP contribution in [0.15, 0.2) is 23.1 Å². The number of sulfonamides is 1. The number of hydrogen-bond donors (Lipinski definition) is 2. The summed E-state index contributed by atoms with van der Waals surface area (Å²) in [4.78, 5) is 8.01. The van der Waals surface area contributed by atoms with Gasteiger partial charge in [-0.3, -0.25) is 0 Å². The molecule has 0 aliphatic heterocycles. The van der Waals surface area contributed by atoms with Crippen LogP contribution in [-0.2, 0) is 10.0 Å². The third kappa shape index (κ3) is 2.39. The maximum atomic E-state index is 12.4. The van der Waals surface area contributed by atoms with Crippen LogP contribution in [0.2, 0.25) is 0 Å². The molecule has 0 amide bonds. The number of hydrogen-bond acceptors (Lipinski definition) is 6. The van der Waals surface area contributed by atoms with E-state index in [0.29, 0.717) is 10.9 Å². The molecule has 0 saturated heterocycles. The topological polar surface area (TPSA) is 115 Å². The summed E-state index contributed by atoms with van der Waals surface area (Å²) in [5.74, 6) is 0.224. The lowest BCUT2D eigenvalue weighted by Gasteiger charge is -2.21. The molecule has 0 fully saturated rings. The van der Waals surface area contributed by atoms with Crippen molar-refractivity contribution >= 4 is 32.7 Å². The smallest absolute Gasteiger partial charge is 0.243 e. The molecule has 0 bridgehead atoms. The minimum Gasteiger partial charge on any atom is -0.383 e. The summed E-state index contributed by atoms with van der Waals surface area (Å²) in [5.41, 5.74) is 11.8. The predicted molar refractivity (Wildman–Crippen MR) is 78.4 cm³/mol. The first-order valence-corrected chi connectivity index (χ1v) is 7.48. The molecule has 4 N–H and O–H groups in total. The van der Waals surface area contributed by atoms with E-state index in [2.05, 4.69) is 9.97 Å². The van der Waals surface area contributed by atoms with Crippen LogP contribution in [-0.4, -0.2) is 35.8 Å². The average molecular weight is 295 g/mol. The second-order valence-electron chi connectivity index (χ2n) is 4.76. The highest BCUT2D eigenvalue weighted by Gasteiger charge is 2.23. The highest BCUT2D eigenvalue weighted by atomic mass is 32.2. The number of anilines is 2. The largest absolute Gasteiger partial charge is 0.383 e. The minimum atomic E-state index is -3.57. The van der Waals surface area contributed by atoms with Gasteiger partial charge in [-0.05, 0) is 32.0 Å². The SMILES string of the molecule is CC(C)N(C)S(=O)(=O)c1ccc2nc(N)nc(N)c2c1. The third-order valence-electron chi connectivity index (χ3n) is 3.12. The number of aromatic nitrogens is 2. The van der Waals surface area contributed by atoms with Gasteiger partial charge in [0.2, 0.25) is 16.0 Å². The summed E-state index contributed by atoms with van der Waals surface area (Å²) in [6.45, 7) is 3.60. The molecule has 0 aliphatic rings. The van der Waals surface area contributed by atoms with E-state index in [4.69, 9.17) is 11.5 Å². The molecule has 2 aromatic rings. The van der Waals surface area contributed by atoms with Crippen molar-refractivity contribution in [2.45, 2.75) is 24.8 Å². The van der Waals surface area contributed by atoms with E-state index in [1.807, 2.05) is 0 Å². The van der Waals surface area contributed by atoms with Crippen molar-refractivity contribution in [3.05, 3.63) is 18.2 Å². The van der Waals surface area contributed by atoms with Crippen LogP contribution < -0.4 is 11.5 Å². The minimum absolute atomic E-state index is 0.0601. The zero-order valence-corrected chi connectivity index (χ0v) is 12.3. The van der Waals surface area contributed by atoms with E-state index in [1.165, 1.54) is 23.5 Å². The van der Waals surface area contributed by atoms with Crippen LogP contribution in [0.1, 0.15) is 13.8 Å². The number of nitrogens with zero attached hydrogens (tertiary/aromatic N) is 3. The quantitative estimate of drug-likeness (QED) is 0.866. The summed E-state index contributed by atoms with van der Waals surface area (Å²) in [7, 11) is -2.03. The van der Waals surface area contributed by atoms with Gasteiger partial charge >= 0.3 is 0 Å². The van der Waals surface area contributed by atoms with Crippen molar-refractivity contribution in [1.29, 1.82) is 0 Å². The number of rotatable bonds is 3. The molecule has 8 heteroatoms. The van der Waals surface area contributed by atoms with Crippen LogP contribution in [0.25, 0.3) is 10.9 Å². The van der Waals surface area contributed by atoms with E-state index >= 15 is 0 Å². The molecule has 108 valence electrons. The Labute approximate surface area is 117 Å². The zero-order valence-electron chi connectivity index (χ0n) is 11.5. The first-order chi connectivity index (χ1) is 9.23. The van der Waals surface area contributed by atoms with E-state index in [1.54, 1.807) is 19.9 Å². The van der Waals surface area contributed by atoms with Crippen LogP contribution in [0.3, 0.4) is 0 Å². The van der Waals surface area contributed by atoms with E-state index in [0.717, 1.165) is 0 Å². The molecule has 0 aliphatic carbocycles. The van der Waals surface area contributed by atoms with E-state index in [-0.39, 0.29) is 22.7 Å². The third-order valence-corrected chi connectivity index (χ3v) is 5.15. The highest BCUT2D eigenvalue weighted by molar-refractivity contribution is 7.89. The molecule has 0 atom stereocenters. The molecule has 1 aromatic heterocycles. The lowest BCUT2D eigenvalue weighted by atomic mass is 10.2. The maximum Gasteiger partial charge on any atom is 0.243 e. The molecule has 2 rings (SSSR count). The van der Waals surface area contributed by atoms with Gasteiger partial charge in [0, 0.05) is 18.5 Å². The fourth-order valence-electron chi connectivity index (χ4n) is 1.75. The van der Waals surface area contributed by atoms with Gasteiger partial charge in [0.1, 0.15) is 5.82 Å². The van der Waals surface area contributed by atoms with Crippen molar-refractivity contribution in [3.8, 4) is 0 Å². The Kier molecular flexibility index (Phi) is 3.53. The molecule has 0 unspecified atom stereocenters. The van der Waals surface area contributed by atoms with Crippen LogP contribution in [0, 0.1) is 0 Å². The first kappa shape index (κ1) is 14.5. The second kappa shape index (κ2) is 4.88. The normalized spacial score (nSPS) is 12.4. The van der Waals surface area contributed by atoms with Crippen molar-refractivity contribution in [3.63, 3.8) is 0 Å². The van der Waals surface area contributed by atoms with E-state index < -0.39 is 10.0 Å². The van der Waals surface area contributed by atoms with Gasteiger partial charge in [-0.1, -0.05) is 0 Å². The van der Waals surface area contributed by atoms with Crippen molar-refractivity contribution < 1.29 is 8.42 Å². The second-order valence-corrected chi connectivity index (χ2v) is 6.76. The van der Waals surface area contributed by atoms with Gasteiger partial charge in [0.25, 0.3) is 0 Å². The lowest BCUT2D eigenvalue weighted by molar-refractivity contribution is 0.410. The average Bonchev–Trinajstić information content (AvgIpc) is 2.36. The van der Waals surface area contributed by atoms with Gasteiger partial charge in [-0.2, -0.15) is 9.29 Å². The van der Waals surface area contributed by atoms with Crippen molar-refractivity contribution in [1.82, 2.24) is 14.3 Å². The van der Waals surface area contributed by atoms with Crippen LogP contribution in [0.4, 0.5) is 11.8 Å². The number of fused-ring (bicyclic) bond motifs is 1. The summed E-state index contributed by atoms with van der Waals surface area (Å²) >= 11 is 0. The first-order valence-electron chi connectivity index (χ1n) is 6.04. The van der Waals surface area contributed by atoms with Crippen molar-refractivity contribution in [2.24, 2.45) is 0 Å². The Balaban J connectivity index is 2.63. The summed E-state index contributed by atoms with van der Waals surface area (Å²) in [6, 6.07) is 4.39. The summed E-state index contributed by atoms with van der Waals surface area (Å²) in [5, 5.41) is 0.470. The van der Waals surface area contributed by atoms with Gasteiger partial charge < -0.3 is 11.5 Å². The van der Waals surface area contributed by atoms with Gasteiger partial charge in [0.15, 0.2) is 0 Å². The fraction of sp³-hybridized carbons (Fsp3) is 0.333. The standard InChI is InChI=1S/C12H17N5O2S/c1-7(2)17(3)20(18,19)8-4-5-10-9(6-8)11(13)16-12(14)15-10/h4-7H,1-3H3,(H4,13,14,15,16). The molecule has 0 radical (unpaired) electrons. The van der Waals surface area contributed by atoms with Gasteiger partial charge in [-0.25, -0.2) is 13.4 Å². The molecular formula is C12H17N5O2S. The van der Waals surface area contributed by atoms with Crippen LogP contribution in [0.5, 0.6) is 0 Å². The predicted octanol–water partition coefficient (Wildman–Crippen LogP) is 0.823. The molecule has 0 saturated carbocycles. The Morgan fingerprint density at radius 1 is 1.20 bits per heavy atom. The van der Waals surface area contributed by atoms with Crippen molar-refractivity contribution in [2.75, 3.05) is 18.5 Å². The molecule has 20 heavy (non-hydrogen) atoms. The molecule has 0 spiro atoms. The number of benzene rings is 1. The van der Waals surface area contributed by atoms with Gasteiger partial charge in [0.05, 0.1) is 10.4 Å². The lowest BCUT2D eigenvalue weighted by Crippen LogP contribution is -2.33. The monoisotopic (exact) mass is 295 g/mol. The van der Waals surface area contributed by atoms with E-state index in [9.17, 15) is 8.42 Å². The molecule has 1 aromatic carbocycles. The highest BCUT2D eigenvalue weighted by Crippen LogP contribution is 2.24. The summed E-state index contributed by atoms with van der Waals surface area (Å²) in [6.07, 6.45) is 0. The number of nitrogens with two attached hydrogens (primary N) is 2. The van der Waals surface area contributed by atoms with Crippen LogP contribution >= 0.6 is 0 Å². The summed E-state index contributed by atoms with van der Waals surface area (Å²) < 4.78 is 26.1. The molecule has 7 nitrogen and oxygen atoms in total. The molecular weight excluding hydrogens is 278 g/mol. The Hall–Kier alpha value is -1.93. The Bertz CT molecular complexity index is 758. The fourth-order valence-corrected chi connectivity index (χ4v) is 3.15. The molecule has 1 heterocycles.